The van der Waals surface area contributed by atoms with Crippen LogP contribution in [-0.2, 0) is 15.8 Å². The van der Waals surface area contributed by atoms with E-state index in [9.17, 15) is 32.3 Å². The topological polar surface area (TPSA) is 163 Å². The van der Waals surface area contributed by atoms with Crippen LogP contribution in [-0.4, -0.2) is 52.3 Å². The average Bonchev–Trinajstić information content (AvgIpc) is 3.50. The molecule has 44 heavy (non-hydrogen) atoms. The second kappa shape index (κ2) is 10.9. The van der Waals surface area contributed by atoms with Crippen LogP contribution in [0.2, 0.25) is 0 Å². The molecule has 2 aromatic heterocycles. The molecule has 0 spiro atoms. The first-order valence-corrected chi connectivity index (χ1v) is 14.0. The molecule has 5 rings (SSSR count). The fourth-order valence-electron chi connectivity index (χ4n) is 4.74. The minimum atomic E-state index is -5.37. The first-order chi connectivity index (χ1) is 20.5. The standard InChI is InChI=1S/C29H27F4N5O5S/c1-13(2)43-18-8-15(9-19-22(18)38-26(35)44-19)24(39)36-11-28(41,29(31,32)33)20-10-17-23(42-12-27(17,3)25(34)40)21(37-20)14-4-6-16(30)7-5-14/h4-10,13,41H,11-12H2,1-3H3,(H2,34,40)(H2,35,38)(H,36,39)/t27-,28-/m0/s1. The monoisotopic (exact) mass is 633 g/mol. The van der Waals surface area contributed by atoms with Gasteiger partial charge >= 0.3 is 6.18 Å². The Morgan fingerprint density at radius 1 is 1.18 bits per heavy atom. The predicted octanol–water partition coefficient (Wildman–Crippen LogP) is 4.18. The van der Waals surface area contributed by atoms with Crippen molar-refractivity contribution in [3.63, 3.8) is 0 Å². The summed E-state index contributed by atoms with van der Waals surface area (Å²) >= 11 is 1.06. The van der Waals surface area contributed by atoms with Gasteiger partial charge in [-0.15, -0.1) is 0 Å². The third-order valence-corrected chi connectivity index (χ3v) is 8.06. The van der Waals surface area contributed by atoms with Gasteiger partial charge in [-0.05, 0) is 63.2 Å². The van der Waals surface area contributed by atoms with Gasteiger partial charge in [-0.2, -0.15) is 13.2 Å². The maximum Gasteiger partial charge on any atom is 0.424 e. The maximum atomic E-state index is 14.7. The Labute approximate surface area is 252 Å². The number of nitrogen functional groups attached to an aromatic ring is 1. The molecule has 2 aromatic carbocycles. The number of carbonyl (C=O) groups is 2. The van der Waals surface area contributed by atoms with Crippen molar-refractivity contribution in [2.45, 2.75) is 44.1 Å². The van der Waals surface area contributed by atoms with Crippen LogP contribution >= 0.6 is 11.3 Å². The van der Waals surface area contributed by atoms with E-state index in [1.165, 1.54) is 31.2 Å². The van der Waals surface area contributed by atoms with Crippen molar-refractivity contribution in [1.82, 2.24) is 15.3 Å². The van der Waals surface area contributed by atoms with E-state index in [0.29, 0.717) is 10.2 Å². The number of halogens is 4. The van der Waals surface area contributed by atoms with Crippen molar-refractivity contribution in [3.05, 3.63) is 65.1 Å². The lowest BCUT2D eigenvalue weighted by Gasteiger charge is -2.31. The van der Waals surface area contributed by atoms with Crippen LogP contribution in [0.4, 0.5) is 22.7 Å². The summed E-state index contributed by atoms with van der Waals surface area (Å²) in [5.74, 6) is -2.29. The van der Waals surface area contributed by atoms with Crippen molar-refractivity contribution in [3.8, 4) is 22.8 Å². The fourth-order valence-corrected chi connectivity index (χ4v) is 5.53. The Bertz CT molecular complexity index is 1780. The first kappa shape index (κ1) is 30.9. The molecule has 0 saturated heterocycles. The number of nitrogens with two attached hydrogens (primary N) is 2. The number of benzene rings is 2. The van der Waals surface area contributed by atoms with Crippen LogP contribution in [0.1, 0.15) is 42.4 Å². The fraction of sp³-hybridized carbons (Fsp3) is 0.310. The van der Waals surface area contributed by atoms with Crippen molar-refractivity contribution in [1.29, 1.82) is 0 Å². The lowest BCUT2D eigenvalue weighted by molar-refractivity contribution is -0.265. The molecule has 232 valence electrons. The third kappa shape index (κ3) is 5.36. The Balaban J connectivity index is 1.58. The summed E-state index contributed by atoms with van der Waals surface area (Å²) in [4.78, 5) is 33.9. The molecule has 1 aliphatic heterocycles. The zero-order valence-corrected chi connectivity index (χ0v) is 24.4. The summed E-state index contributed by atoms with van der Waals surface area (Å²) in [5.41, 5.74) is 5.40. The Hall–Kier alpha value is -4.50. The summed E-state index contributed by atoms with van der Waals surface area (Å²) in [6.07, 6.45) is -5.68. The van der Waals surface area contributed by atoms with Gasteiger partial charge in [0.05, 0.1) is 23.0 Å². The average molecular weight is 634 g/mol. The number of primary amides is 1. The van der Waals surface area contributed by atoms with E-state index >= 15 is 0 Å². The van der Waals surface area contributed by atoms with Crippen LogP contribution in [0.25, 0.3) is 21.5 Å². The molecule has 0 bridgehead atoms. The van der Waals surface area contributed by atoms with Crippen molar-refractivity contribution < 1.29 is 41.7 Å². The summed E-state index contributed by atoms with van der Waals surface area (Å²) in [7, 11) is 0. The van der Waals surface area contributed by atoms with Crippen molar-refractivity contribution in [2.24, 2.45) is 5.73 Å². The molecule has 6 N–H and O–H groups in total. The number of aromatic nitrogens is 2. The Kier molecular flexibility index (Phi) is 7.66. The number of ether oxygens (including phenoxy) is 2. The quantitative estimate of drug-likeness (QED) is 0.210. The number of nitrogens with one attached hydrogen (secondary N) is 1. The highest BCUT2D eigenvalue weighted by Gasteiger charge is 2.57. The van der Waals surface area contributed by atoms with Gasteiger partial charge in [0.25, 0.3) is 5.91 Å². The van der Waals surface area contributed by atoms with Crippen LogP contribution in [0.3, 0.4) is 0 Å². The predicted molar refractivity (Wildman–Crippen MR) is 154 cm³/mol. The zero-order chi connectivity index (χ0) is 32.2. The number of nitrogens with zero attached hydrogens (tertiary/aromatic N) is 2. The Morgan fingerprint density at radius 2 is 1.86 bits per heavy atom. The van der Waals surface area contributed by atoms with Crippen LogP contribution in [0, 0.1) is 5.82 Å². The summed E-state index contributed by atoms with van der Waals surface area (Å²) < 4.78 is 69.6. The molecule has 10 nitrogen and oxygen atoms in total. The lowest BCUT2D eigenvalue weighted by atomic mass is 9.81. The van der Waals surface area contributed by atoms with E-state index < -0.39 is 47.1 Å². The van der Waals surface area contributed by atoms with E-state index in [2.05, 4.69) is 15.3 Å². The highest BCUT2D eigenvalue weighted by molar-refractivity contribution is 7.22. The number of hydrogen-bond donors (Lipinski definition) is 4. The van der Waals surface area contributed by atoms with Gasteiger partial charge in [0, 0.05) is 16.7 Å². The molecule has 0 saturated carbocycles. The molecule has 1 aliphatic rings. The molecule has 0 unspecified atom stereocenters. The number of thiazole rings is 1. The van der Waals surface area contributed by atoms with E-state index in [4.69, 9.17) is 20.9 Å². The number of pyridine rings is 1. The largest absolute Gasteiger partial charge is 0.489 e. The molecular formula is C29H27F4N5O5S. The molecule has 4 aromatic rings. The molecule has 0 fully saturated rings. The van der Waals surface area contributed by atoms with E-state index in [0.717, 1.165) is 29.5 Å². The number of rotatable bonds is 8. The normalized spacial score (nSPS) is 17.7. The maximum absolute atomic E-state index is 14.7. The first-order valence-electron chi connectivity index (χ1n) is 13.2. The van der Waals surface area contributed by atoms with Crippen LogP contribution in [0.15, 0.2) is 42.5 Å². The van der Waals surface area contributed by atoms with Crippen molar-refractivity contribution >= 4 is 38.5 Å². The summed E-state index contributed by atoms with van der Waals surface area (Å²) in [5, 5.41) is 13.6. The smallest absolute Gasteiger partial charge is 0.424 e. The molecule has 15 heteroatoms. The highest BCUT2D eigenvalue weighted by Crippen LogP contribution is 2.47. The summed E-state index contributed by atoms with van der Waals surface area (Å²) in [6.45, 7) is 3.21. The number of amides is 2. The number of carbonyl (C=O) groups excluding carboxylic acids is 2. The highest BCUT2D eigenvalue weighted by atomic mass is 32.1. The van der Waals surface area contributed by atoms with E-state index in [1.54, 1.807) is 13.8 Å². The van der Waals surface area contributed by atoms with E-state index in [-0.39, 0.29) is 51.7 Å². The zero-order valence-electron chi connectivity index (χ0n) is 23.6. The van der Waals surface area contributed by atoms with Gasteiger partial charge in [-0.25, -0.2) is 14.4 Å². The molecule has 2 atom stereocenters. The number of aliphatic hydroxyl groups is 1. The van der Waals surface area contributed by atoms with Crippen molar-refractivity contribution in [2.75, 3.05) is 18.9 Å². The summed E-state index contributed by atoms with van der Waals surface area (Å²) in [6, 6.07) is 8.27. The second-order valence-corrected chi connectivity index (χ2v) is 11.9. The van der Waals surface area contributed by atoms with E-state index in [1.807, 2.05) is 0 Å². The molecule has 2 amide bonds. The molecule has 3 heterocycles. The van der Waals surface area contributed by atoms with Crippen LogP contribution < -0.4 is 26.3 Å². The number of hydrogen-bond acceptors (Lipinski definition) is 9. The second-order valence-electron chi connectivity index (χ2n) is 10.8. The third-order valence-electron chi connectivity index (χ3n) is 7.23. The molecular weight excluding hydrogens is 606 g/mol. The number of fused-ring (bicyclic) bond motifs is 2. The minimum absolute atomic E-state index is 0.0370. The minimum Gasteiger partial charge on any atom is -0.489 e. The van der Waals surface area contributed by atoms with Crippen LogP contribution in [0.5, 0.6) is 11.5 Å². The van der Waals surface area contributed by atoms with Gasteiger partial charge in [0.2, 0.25) is 11.5 Å². The van der Waals surface area contributed by atoms with Gasteiger partial charge in [-0.3, -0.25) is 9.59 Å². The number of anilines is 1. The molecule has 0 aliphatic carbocycles. The SMILES string of the molecule is CC(C)Oc1cc(C(=O)NC[C@](O)(c2cc3c(c(-c4ccc(F)cc4)n2)OC[C@]3(C)C(N)=O)C(F)(F)F)cc2sc(N)nc12. The van der Waals surface area contributed by atoms with Gasteiger partial charge in [0.15, 0.2) is 5.13 Å². The Morgan fingerprint density at radius 3 is 2.48 bits per heavy atom. The lowest BCUT2D eigenvalue weighted by Crippen LogP contribution is -2.51. The van der Waals surface area contributed by atoms with Gasteiger partial charge in [-0.1, -0.05) is 11.3 Å². The van der Waals surface area contributed by atoms with Gasteiger partial charge < -0.3 is 31.4 Å². The number of alkyl halides is 3. The molecule has 0 radical (unpaired) electrons. The van der Waals surface area contributed by atoms with Gasteiger partial charge in [0.1, 0.15) is 40.5 Å².